The van der Waals surface area contributed by atoms with E-state index in [0.29, 0.717) is 5.82 Å². The van der Waals surface area contributed by atoms with Crippen molar-refractivity contribution in [1.29, 1.82) is 0 Å². The number of nitrogen functional groups attached to an aromatic ring is 1. The number of carbonyl (C=O) groups is 1. The quantitative estimate of drug-likeness (QED) is 0.231. The predicted molar refractivity (Wildman–Crippen MR) is 155 cm³/mol. The number of nitrogens with two attached hydrogens (primary N) is 1. The standard InChI is InChI=1S/C32H33N5O2/c1-4-28(38)36-24-15-10-22(11-16-24)12-19-27-29(30-31(33)34-20-35-32(30)37(27)21(2)3)23-13-17-26(18-14-23)39-25-8-6-5-7-9-25/h4-9,13-14,17-18,20-22,24H,1,10-11,15-16H2,2-3H3,(H,36,38)(H2,33,34,35). The lowest BCUT2D eigenvalue weighted by atomic mass is 9.86. The van der Waals surface area contributed by atoms with Gasteiger partial charge in [-0.3, -0.25) is 4.79 Å². The van der Waals surface area contributed by atoms with Gasteiger partial charge in [-0.15, -0.1) is 0 Å². The van der Waals surface area contributed by atoms with Gasteiger partial charge in [0.05, 0.1) is 5.39 Å². The lowest BCUT2D eigenvalue weighted by Gasteiger charge is -2.26. The van der Waals surface area contributed by atoms with Crippen LogP contribution in [0.2, 0.25) is 0 Å². The molecule has 198 valence electrons. The minimum atomic E-state index is -0.116. The Morgan fingerprint density at radius 1 is 1.08 bits per heavy atom. The van der Waals surface area contributed by atoms with Crippen LogP contribution in [0.3, 0.4) is 0 Å². The van der Waals surface area contributed by atoms with E-state index in [2.05, 4.69) is 52.1 Å². The molecule has 7 nitrogen and oxygen atoms in total. The average Bonchev–Trinajstić information content (AvgIpc) is 3.29. The van der Waals surface area contributed by atoms with E-state index in [1.165, 1.54) is 12.4 Å². The molecule has 2 aromatic carbocycles. The van der Waals surface area contributed by atoms with Crippen LogP contribution in [0.4, 0.5) is 5.82 Å². The fourth-order valence-corrected chi connectivity index (χ4v) is 5.19. The van der Waals surface area contributed by atoms with Crippen molar-refractivity contribution >= 4 is 22.8 Å². The van der Waals surface area contributed by atoms with Crippen molar-refractivity contribution in [3.05, 3.63) is 79.3 Å². The van der Waals surface area contributed by atoms with E-state index < -0.39 is 0 Å². The van der Waals surface area contributed by atoms with E-state index in [-0.39, 0.29) is 23.9 Å². The SMILES string of the molecule is C=CC(=O)NC1CCC(C#Cc2c(-c3ccc(Oc4ccccc4)cc3)c3c(N)ncnc3n2C(C)C)CC1. The zero-order valence-electron chi connectivity index (χ0n) is 22.4. The Hall–Kier alpha value is -4.57. The van der Waals surface area contributed by atoms with Crippen molar-refractivity contribution in [3.8, 4) is 34.5 Å². The molecule has 0 aliphatic heterocycles. The average molecular weight is 520 g/mol. The number of nitrogens with zero attached hydrogens (tertiary/aromatic N) is 3. The van der Waals surface area contributed by atoms with E-state index in [1.807, 2.05) is 54.6 Å². The zero-order valence-corrected chi connectivity index (χ0v) is 22.4. The van der Waals surface area contributed by atoms with Gasteiger partial charge in [-0.2, -0.15) is 0 Å². The van der Waals surface area contributed by atoms with E-state index >= 15 is 0 Å². The first-order valence-corrected chi connectivity index (χ1v) is 13.4. The maximum atomic E-state index is 11.7. The number of para-hydroxylation sites is 1. The van der Waals surface area contributed by atoms with Crippen molar-refractivity contribution in [3.63, 3.8) is 0 Å². The number of aromatic nitrogens is 3. The molecule has 0 saturated heterocycles. The molecule has 0 atom stereocenters. The molecule has 0 radical (unpaired) electrons. The molecular weight excluding hydrogens is 486 g/mol. The maximum absolute atomic E-state index is 11.7. The fourth-order valence-electron chi connectivity index (χ4n) is 5.19. The molecule has 1 amide bonds. The summed E-state index contributed by atoms with van der Waals surface area (Å²) in [6.07, 6.45) is 6.50. The first-order chi connectivity index (χ1) is 18.9. The van der Waals surface area contributed by atoms with Crippen LogP contribution in [0.15, 0.2) is 73.6 Å². The van der Waals surface area contributed by atoms with Crippen LogP contribution in [0.25, 0.3) is 22.2 Å². The summed E-state index contributed by atoms with van der Waals surface area (Å²) in [4.78, 5) is 20.6. The topological polar surface area (TPSA) is 95.1 Å². The smallest absolute Gasteiger partial charge is 0.243 e. The molecule has 2 heterocycles. The summed E-state index contributed by atoms with van der Waals surface area (Å²) in [7, 11) is 0. The van der Waals surface area contributed by atoms with Crippen LogP contribution >= 0.6 is 0 Å². The normalized spacial score (nSPS) is 16.9. The number of amides is 1. The van der Waals surface area contributed by atoms with E-state index in [9.17, 15) is 4.79 Å². The molecule has 1 aliphatic rings. The van der Waals surface area contributed by atoms with Crippen molar-refractivity contribution in [2.75, 3.05) is 5.73 Å². The number of hydrogen-bond acceptors (Lipinski definition) is 5. The van der Waals surface area contributed by atoms with Gasteiger partial charge >= 0.3 is 0 Å². The predicted octanol–water partition coefficient (Wildman–Crippen LogP) is 6.27. The third kappa shape index (κ3) is 5.65. The Bertz CT molecular complexity index is 1540. The fraction of sp³-hybridized carbons (Fsp3) is 0.281. The number of rotatable bonds is 6. The maximum Gasteiger partial charge on any atom is 0.243 e. The highest BCUT2D eigenvalue weighted by atomic mass is 16.5. The van der Waals surface area contributed by atoms with Crippen molar-refractivity contribution in [2.45, 2.75) is 51.6 Å². The van der Waals surface area contributed by atoms with Gasteiger partial charge in [0.15, 0.2) is 0 Å². The van der Waals surface area contributed by atoms with Gasteiger partial charge in [0.25, 0.3) is 0 Å². The molecule has 1 aliphatic carbocycles. The van der Waals surface area contributed by atoms with Crippen molar-refractivity contribution in [1.82, 2.24) is 19.9 Å². The molecule has 0 spiro atoms. The number of nitrogens with one attached hydrogen (secondary N) is 1. The first kappa shape index (κ1) is 26.1. The second kappa shape index (κ2) is 11.4. The van der Waals surface area contributed by atoms with Crippen molar-refractivity contribution < 1.29 is 9.53 Å². The van der Waals surface area contributed by atoms with Gasteiger partial charge in [0.2, 0.25) is 5.91 Å². The van der Waals surface area contributed by atoms with Crippen LogP contribution in [0, 0.1) is 17.8 Å². The highest BCUT2D eigenvalue weighted by molar-refractivity contribution is 6.03. The Morgan fingerprint density at radius 3 is 2.44 bits per heavy atom. The molecule has 4 aromatic rings. The minimum absolute atomic E-state index is 0.116. The lowest BCUT2D eigenvalue weighted by Crippen LogP contribution is -2.36. The van der Waals surface area contributed by atoms with Gasteiger partial charge in [-0.1, -0.05) is 42.8 Å². The van der Waals surface area contributed by atoms with Crippen molar-refractivity contribution in [2.24, 2.45) is 5.92 Å². The van der Waals surface area contributed by atoms with Crippen LogP contribution in [0.5, 0.6) is 11.5 Å². The molecule has 2 aromatic heterocycles. The molecule has 39 heavy (non-hydrogen) atoms. The molecule has 5 rings (SSSR count). The zero-order chi connectivity index (χ0) is 27.4. The summed E-state index contributed by atoms with van der Waals surface area (Å²) in [5.41, 5.74) is 10.00. The summed E-state index contributed by atoms with van der Waals surface area (Å²) < 4.78 is 8.16. The Labute approximate surface area is 229 Å². The largest absolute Gasteiger partial charge is 0.457 e. The molecule has 1 fully saturated rings. The van der Waals surface area contributed by atoms with E-state index in [4.69, 9.17) is 10.5 Å². The number of ether oxygens (including phenoxy) is 1. The second-order valence-corrected chi connectivity index (χ2v) is 10.1. The number of benzene rings is 2. The van der Waals surface area contributed by atoms with Gasteiger partial charge in [0, 0.05) is 23.6 Å². The third-order valence-electron chi connectivity index (χ3n) is 7.10. The first-order valence-electron chi connectivity index (χ1n) is 13.4. The Morgan fingerprint density at radius 2 is 1.77 bits per heavy atom. The van der Waals surface area contributed by atoms with Gasteiger partial charge in [-0.25, -0.2) is 9.97 Å². The number of carbonyl (C=O) groups excluding carboxylic acids is 1. The Balaban J connectivity index is 1.51. The summed E-state index contributed by atoms with van der Waals surface area (Å²) in [5, 5.41) is 3.82. The van der Waals surface area contributed by atoms with Crippen LogP contribution in [-0.4, -0.2) is 26.5 Å². The van der Waals surface area contributed by atoms with E-state index in [0.717, 1.165) is 65.0 Å². The number of fused-ring (bicyclic) bond motifs is 1. The highest BCUT2D eigenvalue weighted by Gasteiger charge is 2.24. The highest BCUT2D eigenvalue weighted by Crippen LogP contribution is 2.39. The molecular formula is C32H33N5O2. The lowest BCUT2D eigenvalue weighted by molar-refractivity contribution is -0.117. The Kier molecular flexibility index (Phi) is 7.64. The summed E-state index contributed by atoms with van der Waals surface area (Å²) in [6, 6.07) is 18.0. The molecule has 0 unspecified atom stereocenters. The van der Waals surface area contributed by atoms with Crippen LogP contribution in [-0.2, 0) is 4.79 Å². The summed E-state index contributed by atoms with van der Waals surface area (Å²) in [6.45, 7) is 7.79. The van der Waals surface area contributed by atoms with E-state index in [1.54, 1.807) is 0 Å². The molecule has 1 saturated carbocycles. The summed E-state index contributed by atoms with van der Waals surface area (Å²) in [5.74, 6) is 9.15. The molecule has 7 heteroatoms. The number of anilines is 1. The van der Waals surface area contributed by atoms with Crippen LogP contribution in [0.1, 0.15) is 51.3 Å². The minimum Gasteiger partial charge on any atom is -0.457 e. The summed E-state index contributed by atoms with van der Waals surface area (Å²) >= 11 is 0. The van der Waals surface area contributed by atoms with Gasteiger partial charge in [0.1, 0.15) is 35.0 Å². The molecule has 0 bridgehead atoms. The number of hydrogen-bond donors (Lipinski definition) is 2. The third-order valence-corrected chi connectivity index (χ3v) is 7.10. The van der Waals surface area contributed by atoms with Crippen LogP contribution < -0.4 is 15.8 Å². The monoisotopic (exact) mass is 519 g/mol. The van der Waals surface area contributed by atoms with Gasteiger partial charge in [-0.05, 0) is 81.4 Å². The van der Waals surface area contributed by atoms with Gasteiger partial charge < -0.3 is 20.4 Å². The second-order valence-electron chi connectivity index (χ2n) is 10.1. The molecule has 3 N–H and O–H groups in total.